The normalized spacial score (nSPS) is 19.2. The number of nitrogens with zero attached hydrogens (tertiary/aromatic N) is 2. The Morgan fingerprint density at radius 1 is 1.45 bits per heavy atom. The molecular formula is C16H27N5O. The fourth-order valence-corrected chi connectivity index (χ4v) is 2.76. The van der Waals surface area contributed by atoms with E-state index in [2.05, 4.69) is 17.3 Å². The molecule has 22 heavy (non-hydrogen) atoms. The number of piperidine rings is 1. The lowest BCUT2D eigenvalue weighted by Gasteiger charge is -2.30. The fourth-order valence-electron chi connectivity index (χ4n) is 2.76. The number of hydrogen-bond donors (Lipinski definition) is 3. The number of hydrogen-bond acceptors (Lipinski definition) is 5. The van der Waals surface area contributed by atoms with Crippen molar-refractivity contribution in [2.24, 2.45) is 5.84 Å². The Bertz CT molecular complexity index is 531. The van der Waals surface area contributed by atoms with Gasteiger partial charge in [0.2, 0.25) is 0 Å². The molecule has 0 radical (unpaired) electrons. The first-order chi connectivity index (χ1) is 10.4. The molecule has 0 saturated carbocycles. The summed E-state index contributed by atoms with van der Waals surface area (Å²) in [5.41, 5.74) is 7.88. The minimum absolute atomic E-state index is 0.0772. The molecule has 0 bridgehead atoms. The van der Waals surface area contributed by atoms with Gasteiger partial charge in [-0.2, -0.15) is 0 Å². The summed E-state index contributed by atoms with van der Waals surface area (Å²) in [6.07, 6.45) is 2.13. The van der Waals surface area contributed by atoms with Crippen LogP contribution in [0, 0.1) is 0 Å². The molecule has 1 amide bonds. The molecule has 0 spiro atoms. The monoisotopic (exact) mass is 305 g/mol. The van der Waals surface area contributed by atoms with Gasteiger partial charge in [-0.25, -0.2) is 5.84 Å². The topological polar surface area (TPSA) is 87.6 Å². The largest absolute Gasteiger partial charge is 0.397 e. The first kappa shape index (κ1) is 16.6. The molecule has 1 aliphatic heterocycles. The van der Waals surface area contributed by atoms with Crippen LogP contribution in [0.2, 0.25) is 0 Å². The zero-order valence-corrected chi connectivity index (χ0v) is 13.7. The van der Waals surface area contributed by atoms with Crippen LogP contribution < -0.4 is 21.9 Å². The molecular weight excluding hydrogens is 278 g/mol. The number of nitrogen functional groups attached to an aromatic ring is 1. The Hall–Kier alpha value is -1.79. The molecule has 6 heteroatoms. The second kappa shape index (κ2) is 6.98. The van der Waals surface area contributed by atoms with Crippen LogP contribution in [0.1, 0.15) is 37.0 Å². The van der Waals surface area contributed by atoms with Crippen molar-refractivity contribution in [2.75, 3.05) is 30.9 Å². The van der Waals surface area contributed by atoms with Crippen LogP contribution in [0.5, 0.6) is 0 Å². The minimum Gasteiger partial charge on any atom is -0.397 e. The molecule has 6 nitrogen and oxygen atoms in total. The number of nitrogens with one attached hydrogen (secondary N) is 1. The van der Waals surface area contributed by atoms with Crippen LogP contribution in [0.15, 0.2) is 18.2 Å². The van der Waals surface area contributed by atoms with E-state index in [1.807, 2.05) is 13.8 Å². The molecule has 0 aromatic heterocycles. The lowest BCUT2D eigenvalue weighted by atomic mass is 10.1. The van der Waals surface area contributed by atoms with Crippen LogP contribution in [-0.4, -0.2) is 43.0 Å². The summed E-state index contributed by atoms with van der Waals surface area (Å²) in [6.45, 7) is 5.96. The molecule has 122 valence electrons. The Kier molecular flexibility index (Phi) is 5.26. The highest BCUT2D eigenvalue weighted by Gasteiger charge is 2.20. The van der Waals surface area contributed by atoms with E-state index < -0.39 is 0 Å². The average molecular weight is 305 g/mol. The number of rotatable bonds is 4. The highest BCUT2D eigenvalue weighted by Crippen LogP contribution is 2.24. The van der Waals surface area contributed by atoms with Gasteiger partial charge in [0.1, 0.15) is 0 Å². The predicted molar refractivity (Wildman–Crippen MR) is 90.6 cm³/mol. The van der Waals surface area contributed by atoms with Crippen molar-refractivity contribution < 1.29 is 4.79 Å². The number of amides is 1. The molecule has 0 aliphatic carbocycles. The molecule has 1 saturated heterocycles. The quantitative estimate of drug-likeness (QED) is 0.442. The van der Waals surface area contributed by atoms with Crippen LogP contribution in [-0.2, 0) is 0 Å². The SMILES string of the molecule is CC(C)N(N)c1ccc(C(=O)N[C@@H]2CCCN(C)C2)cc1N. The Balaban J connectivity index is 2.06. The van der Waals surface area contributed by atoms with Gasteiger partial charge in [-0.15, -0.1) is 0 Å². The number of hydrazine groups is 1. The third-order valence-electron chi connectivity index (χ3n) is 4.08. The maximum atomic E-state index is 12.4. The average Bonchev–Trinajstić information content (AvgIpc) is 2.46. The molecule has 1 heterocycles. The van der Waals surface area contributed by atoms with Gasteiger partial charge >= 0.3 is 0 Å². The van der Waals surface area contributed by atoms with Gasteiger partial charge in [0, 0.05) is 24.2 Å². The standard InChI is InChI=1S/C16H27N5O/c1-11(2)21(18)15-7-6-12(9-14(15)17)16(22)19-13-5-4-8-20(3)10-13/h6-7,9,11,13H,4-5,8,10,17-18H2,1-3H3,(H,19,22)/t13-/m1/s1. The summed E-state index contributed by atoms with van der Waals surface area (Å²) in [6, 6.07) is 5.61. The molecule has 1 aromatic carbocycles. The van der Waals surface area contributed by atoms with E-state index in [0.29, 0.717) is 11.3 Å². The van der Waals surface area contributed by atoms with Crippen molar-refractivity contribution >= 4 is 17.3 Å². The third-order valence-corrected chi connectivity index (χ3v) is 4.08. The van der Waals surface area contributed by atoms with Crippen LogP contribution in [0.3, 0.4) is 0 Å². The van der Waals surface area contributed by atoms with E-state index in [1.54, 1.807) is 23.2 Å². The Morgan fingerprint density at radius 3 is 2.77 bits per heavy atom. The van der Waals surface area contributed by atoms with Gasteiger partial charge in [-0.05, 0) is 58.5 Å². The predicted octanol–water partition coefficient (Wildman–Crippen LogP) is 1.18. The fraction of sp³-hybridized carbons (Fsp3) is 0.562. The van der Waals surface area contributed by atoms with Crippen molar-refractivity contribution in [3.05, 3.63) is 23.8 Å². The number of carbonyl (C=O) groups excluding carboxylic acids is 1. The van der Waals surface area contributed by atoms with E-state index in [1.165, 1.54) is 0 Å². The van der Waals surface area contributed by atoms with Crippen molar-refractivity contribution in [3.8, 4) is 0 Å². The number of likely N-dealkylation sites (N-methyl/N-ethyl adjacent to an activating group) is 1. The number of nitrogens with two attached hydrogens (primary N) is 2. The van der Waals surface area contributed by atoms with E-state index in [4.69, 9.17) is 11.6 Å². The number of carbonyl (C=O) groups is 1. The maximum absolute atomic E-state index is 12.4. The van der Waals surface area contributed by atoms with Gasteiger partial charge < -0.3 is 21.0 Å². The highest BCUT2D eigenvalue weighted by molar-refractivity contribution is 5.96. The first-order valence-electron chi connectivity index (χ1n) is 7.81. The van der Waals surface area contributed by atoms with Crippen LogP contribution >= 0.6 is 0 Å². The van der Waals surface area contributed by atoms with Gasteiger partial charge in [0.05, 0.1) is 11.4 Å². The molecule has 1 fully saturated rings. The van der Waals surface area contributed by atoms with Gasteiger partial charge in [-0.3, -0.25) is 4.79 Å². The summed E-state index contributed by atoms with van der Waals surface area (Å²) in [5.74, 6) is 5.90. The van der Waals surface area contributed by atoms with Crippen molar-refractivity contribution in [3.63, 3.8) is 0 Å². The number of likely N-dealkylation sites (tertiary alicyclic amines) is 1. The van der Waals surface area contributed by atoms with Gasteiger partial charge in [-0.1, -0.05) is 0 Å². The van der Waals surface area contributed by atoms with Crippen LogP contribution in [0.25, 0.3) is 0 Å². The van der Waals surface area contributed by atoms with Crippen molar-refractivity contribution in [1.82, 2.24) is 10.2 Å². The molecule has 5 N–H and O–H groups in total. The lowest BCUT2D eigenvalue weighted by Crippen LogP contribution is -2.46. The van der Waals surface area contributed by atoms with Crippen LogP contribution in [0.4, 0.5) is 11.4 Å². The second-order valence-corrected chi connectivity index (χ2v) is 6.35. The number of anilines is 2. The molecule has 1 atom stereocenters. The summed E-state index contributed by atoms with van der Waals surface area (Å²) in [7, 11) is 2.08. The third kappa shape index (κ3) is 3.90. The zero-order valence-electron chi connectivity index (χ0n) is 13.7. The van der Waals surface area contributed by atoms with Crippen molar-refractivity contribution in [1.29, 1.82) is 0 Å². The zero-order chi connectivity index (χ0) is 16.3. The molecule has 2 rings (SSSR count). The highest BCUT2D eigenvalue weighted by atomic mass is 16.1. The van der Waals surface area contributed by atoms with Gasteiger partial charge in [0.25, 0.3) is 5.91 Å². The second-order valence-electron chi connectivity index (χ2n) is 6.35. The Labute approximate surface area is 132 Å². The summed E-state index contributed by atoms with van der Waals surface area (Å²) in [4.78, 5) is 14.6. The summed E-state index contributed by atoms with van der Waals surface area (Å²) >= 11 is 0. The smallest absolute Gasteiger partial charge is 0.251 e. The van der Waals surface area contributed by atoms with E-state index in [-0.39, 0.29) is 18.0 Å². The minimum atomic E-state index is -0.0772. The van der Waals surface area contributed by atoms with E-state index in [9.17, 15) is 4.79 Å². The lowest BCUT2D eigenvalue weighted by molar-refractivity contribution is 0.0912. The summed E-state index contributed by atoms with van der Waals surface area (Å²) < 4.78 is 0. The number of benzene rings is 1. The van der Waals surface area contributed by atoms with Gasteiger partial charge in [0.15, 0.2) is 0 Å². The van der Waals surface area contributed by atoms with Crippen molar-refractivity contribution in [2.45, 2.75) is 38.8 Å². The first-order valence-corrected chi connectivity index (χ1v) is 7.81. The van der Waals surface area contributed by atoms with E-state index in [0.717, 1.165) is 31.6 Å². The van der Waals surface area contributed by atoms with E-state index >= 15 is 0 Å². The molecule has 0 unspecified atom stereocenters. The maximum Gasteiger partial charge on any atom is 0.251 e. The Morgan fingerprint density at radius 2 is 2.18 bits per heavy atom. The molecule has 1 aliphatic rings. The summed E-state index contributed by atoms with van der Waals surface area (Å²) in [5, 5.41) is 4.69. The molecule has 1 aromatic rings.